The summed E-state index contributed by atoms with van der Waals surface area (Å²) in [6.07, 6.45) is 1.000. The summed E-state index contributed by atoms with van der Waals surface area (Å²) >= 11 is 0. The van der Waals surface area contributed by atoms with Crippen LogP contribution in [-0.4, -0.2) is 8.97 Å². The summed E-state index contributed by atoms with van der Waals surface area (Å²) < 4.78 is 4.87. The molecule has 0 bridgehead atoms. The molecule has 0 saturated carbocycles. The van der Waals surface area contributed by atoms with Crippen molar-refractivity contribution in [1.29, 1.82) is 0 Å². The third kappa shape index (κ3) is 5.04. The summed E-state index contributed by atoms with van der Waals surface area (Å²) in [5.41, 5.74) is 21.0. The standard InChI is InChI=1S/C61H39N3/c1-2-14-44(15-3-1)63-55-23-9-7-18-51(55)59-48(19-11-24-56(59)63)40-31-35-46(36-32-40)62(45-33-29-39(30-34-45)41-27-28-43-37-42-13-4-5-16-47(42)53(43)38-41)57-25-12-26-58-60(57)52-21-10-20-50-49-17-6-8-22-54(49)64(58)61(50)52/h1-36,38H,37H2. The second kappa shape index (κ2) is 13.5. The van der Waals surface area contributed by atoms with Crippen molar-refractivity contribution in [2.45, 2.75) is 6.42 Å². The first-order valence-corrected chi connectivity index (χ1v) is 22.2. The minimum atomic E-state index is 1.000. The minimum absolute atomic E-state index is 1.000. The van der Waals surface area contributed by atoms with Crippen LogP contribution < -0.4 is 4.90 Å². The molecule has 0 spiro atoms. The Labute approximate surface area is 370 Å². The van der Waals surface area contributed by atoms with Gasteiger partial charge < -0.3 is 13.9 Å². The van der Waals surface area contributed by atoms with E-state index in [-0.39, 0.29) is 0 Å². The van der Waals surface area contributed by atoms with Gasteiger partial charge in [-0.05, 0) is 124 Å². The molecule has 3 heteroatoms. The van der Waals surface area contributed by atoms with Crippen LogP contribution in [-0.2, 0) is 6.42 Å². The third-order valence-corrected chi connectivity index (χ3v) is 13.9. The second-order valence-corrected chi connectivity index (χ2v) is 17.2. The molecule has 0 aliphatic heterocycles. The number of aromatic nitrogens is 2. The van der Waals surface area contributed by atoms with Gasteiger partial charge in [0.1, 0.15) is 0 Å². The maximum atomic E-state index is 2.47. The molecule has 0 amide bonds. The van der Waals surface area contributed by atoms with E-state index < -0.39 is 0 Å². The van der Waals surface area contributed by atoms with Crippen molar-refractivity contribution >= 4 is 77.0 Å². The highest BCUT2D eigenvalue weighted by Gasteiger charge is 2.24. The zero-order chi connectivity index (χ0) is 41.9. The fourth-order valence-electron chi connectivity index (χ4n) is 11.1. The zero-order valence-electron chi connectivity index (χ0n) is 34.9. The molecule has 0 unspecified atom stereocenters. The average molecular weight is 814 g/mol. The van der Waals surface area contributed by atoms with Gasteiger partial charge in [0.25, 0.3) is 0 Å². The summed E-state index contributed by atoms with van der Waals surface area (Å²) in [5, 5.41) is 7.60. The number of para-hydroxylation sites is 4. The number of anilines is 3. The van der Waals surface area contributed by atoms with Crippen molar-refractivity contribution in [1.82, 2.24) is 8.97 Å². The van der Waals surface area contributed by atoms with Gasteiger partial charge in [-0.15, -0.1) is 0 Å². The first-order valence-electron chi connectivity index (χ1n) is 22.2. The largest absolute Gasteiger partial charge is 0.310 e. The maximum absolute atomic E-state index is 2.47. The third-order valence-electron chi connectivity index (χ3n) is 13.9. The van der Waals surface area contributed by atoms with Gasteiger partial charge in [-0.2, -0.15) is 0 Å². The van der Waals surface area contributed by atoms with Crippen LogP contribution in [0.4, 0.5) is 17.1 Å². The molecule has 0 saturated heterocycles. The highest BCUT2D eigenvalue weighted by atomic mass is 15.1. The average Bonchev–Trinajstić information content (AvgIpc) is 4.11. The maximum Gasteiger partial charge on any atom is 0.0621 e. The molecule has 1 aliphatic rings. The van der Waals surface area contributed by atoms with E-state index in [4.69, 9.17) is 0 Å². The van der Waals surface area contributed by atoms with Gasteiger partial charge in [0.2, 0.25) is 0 Å². The number of rotatable bonds is 6. The molecule has 0 atom stereocenters. The Morgan fingerprint density at radius 3 is 1.78 bits per heavy atom. The van der Waals surface area contributed by atoms with E-state index in [1.807, 2.05) is 0 Å². The second-order valence-electron chi connectivity index (χ2n) is 17.2. The normalized spacial score (nSPS) is 12.3. The van der Waals surface area contributed by atoms with Crippen LogP contribution in [0.1, 0.15) is 11.1 Å². The molecule has 0 N–H and O–H groups in total. The van der Waals surface area contributed by atoms with Gasteiger partial charge in [-0.1, -0.05) is 152 Å². The molecule has 14 rings (SSSR count). The lowest BCUT2D eigenvalue weighted by Gasteiger charge is -2.27. The van der Waals surface area contributed by atoms with Crippen molar-refractivity contribution < 1.29 is 0 Å². The van der Waals surface area contributed by atoms with Gasteiger partial charge in [-0.25, -0.2) is 0 Å². The van der Waals surface area contributed by atoms with E-state index in [9.17, 15) is 0 Å². The van der Waals surface area contributed by atoms with Crippen LogP contribution in [0.2, 0.25) is 0 Å². The molecule has 0 fully saturated rings. The minimum Gasteiger partial charge on any atom is -0.310 e. The SMILES string of the molecule is c1ccc(-n2c3ccccc3c3c(-c4ccc(N(c5ccc(-c6ccc7c(c6)-c6ccccc6C7)cc5)c5cccc6c5c5cccc7c8ccccc8n6c75)cc4)cccc32)cc1. The van der Waals surface area contributed by atoms with E-state index in [0.717, 1.165) is 29.2 Å². The fraction of sp³-hybridized carbons (Fsp3) is 0.0164. The predicted octanol–water partition coefficient (Wildman–Crippen LogP) is 16.3. The first-order chi connectivity index (χ1) is 31.8. The molecule has 64 heavy (non-hydrogen) atoms. The van der Waals surface area contributed by atoms with Crippen molar-refractivity contribution in [3.63, 3.8) is 0 Å². The lowest BCUT2D eigenvalue weighted by molar-refractivity contribution is 1.18. The van der Waals surface area contributed by atoms with Crippen molar-refractivity contribution in [3.8, 4) is 39.1 Å². The monoisotopic (exact) mass is 813 g/mol. The van der Waals surface area contributed by atoms with E-state index >= 15 is 0 Å². The smallest absolute Gasteiger partial charge is 0.0621 e. The van der Waals surface area contributed by atoms with E-state index in [0.29, 0.717) is 0 Å². The van der Waals surface area contributed by atoms with E-state index in [1.54, 1.807) is 0 Å². The quantitative estimate of drug-likeness (QED) is 0.163. The summed E-state index contributed by atoms with van der Waals surface area (Å²) in [6.45, 7) is 0. The number of hydrogen-bond acceptors (Lipinski definition) is 1. The number of fused-ring (bicyclic) bond motifs is 12. The lowest BCUT2D eigenvalue weighted by atomic mass is 9.98. The van der Waals surface area contributed by atoms with Crippen molar-refractivity contribution in [3.05, 3.63) is 236 Å². The molecular weight excluding hydrogens is 775 g/mol. The summed E-state index contributed by atoms with van der Waals surface area (Å²) in [4.78, 5) is 2.46. The molecule has 3 heterocycles. The molecule has 3 nitrogen and oxygen atoms in total. The van der Waals surface area contributed by atoms with Crippen LogP contribution in [0.5, 0.6) is 0 Å². The fourth-order valence-corrected chi connectivity index (χ4v) is 11.1. The highest BCUT2D eigenvalue weighted by molar-refractivity contribution is 6.26. The highest BCUT2D eigenvalue weighted by Crippen LogP contribution is 2.47. The Balaban J connectivity index is 0.944. The van der Waals surface area contributed by atoms with Crippen LogP contribution in [0.15, 0.2) is 224 Å². The summed E-state index contributed by atoms with van der Waals surface area (Å²) in [7, 11) is 0. The molecule has 3 aromatic heterocycles. The van der Waals surface area contributed by atoms with Gasteiger partial charge in [-0.3, -0.25) is 0 Å². The van der Waals surface area contributed by atoms with Crippen LogP contribution >= 0.6 is 0 Å². The van der Waals surface area contributed by atoms with Gasteiger partial charge in [0.05, 0.1) is 33.3 Å². The van der Waals surface area contributed by atoms with E-state index in [1.165, 1.54) is 104 Å². The summed E-state index contributed by atoms with van der Waals surface area (Å²) in [5.74, 6) is 0. The van der Waals surface area contributed by atoms with Crippen LogP contribution in [0, 0.1) is 0 Å². The summed E-state index contributed by atoms with van der Waals surface area (Å²) in [6, 6.07) is 82.9. The number of benzene rings is 10. The van der Waals surface area contributed by atoms with Crippen LogP contribution in [0.3, 0.4) is 0 Å². The zero-order valence-corrected chi connectivity index (χ0v) is 34.9. The first kappa shape index (κ1) is 35.2. The lowest BCUT2D eigenvalue weighted by Crippen LogP contribution is -2.10. The molecule has 298 valence electrons. The molecule has 10 aromatic carbocycles. The number of hydrogen-bond donors (Lipinski definition) is 0. The Hall–Kier alpha value is -8.40. The van der Waals surface area contributed by atoms with Gasteiger partial charge >= 0.3 is 0 Å². The van der Waals surface area contributed by atoms with Crippen LogP contribution in [0.25, 0.3) is 99.0 Å². The molecule has 13 aromatic rings. The number of nitrogens with zero attached hydrogens (tertiary/aromatic N) is 3. The van der Waals surface area contributed by atoms with Gasteiger partial charge in [0.15, 0.2) is 0 Å². The Bertz CT molecular complexity index is 3970. The topological polar surface area (TPSA) is 12.6 Å². The van der Waals surface area contributed by atoms with Crippen molar-refractivity contribution in [2.24, 2.45) is 0 Å². The predicted molar refractivity (Wildman–Crippen MR) is 269 cm³/mol. The molecule has 0 radical (unpaired) electrons. The Morgan fingerprint density at radius 1 is 0.344 bits per heavy atom. The molecular formula is C61H39N3. The van der Waals surface area contributed by atoms with E-state index in [2.05, 4.69) is 238 Å². The van der Waals surface area contributed by atoms with Crippen molar-refractivity contribution in [2.75, 3.05) is 4.90 Å². The Kier molecular flexibility index (Phi) is 7.46. The van der Waals surface area contributed by atoms with Gasteiger partial charge in [0, 0.05) is 49.4 Å². The Morgan fingerprint density at radius 2 is 0.938 bits per heavy atom. The molecule has 1 aliphatic carbocycles.